The quantitative estimate of drug-likeness (QED) is 0.703. The van der Waals surface area contributed by atoms with Crippen LogP contribution in [0.3, 0.4) is 0 Å². The maximum absolute atomic E-state index is 13.8. The number of amides is 1. The average Bonchev–Trinajstić information content (AvgIpc) is 3.15. The first-order valence-corrected chi connectivity index (χ1v) is 9.22. The van der Waals surface area contributed by atoms with Crippen LogP contribution in [0.1, 0.15) is 11.1 Å². The van der Waals surface area contributed by atoms with E-state index in [1.54, 1.807) is 17.3 Å². The number of carbonyl (C=O) groups is 1. The largest absolute Gasteiger partial charge is 0.363 e. The van der Waals surface area contributed by atoms with E-state index in [1.165, 1.54) is 12.1 Å². The highest BCUT2D eigenvalue weighted by Gasteiger charge is 2.30. The topological polar surface area (TPSA) is 83.6 Å². The van der Waals surface area contributed by atoms with Crippen molar-refractivity contribution in [3.05, 3.63) is 83.8 Å². The smallest absolute Gasteiger partial charge is 0.286 e. The van der Waals surface area contributed by atoms with E-state index in [0.717, 1.165) is 22.3 Å². The molecule has 0 saturated heterocycles. The Balaban J connectivity index is 1.70. The van der Waals surface area contributed by atoms with Crippen LogP contribution < -0.4 is 16.1 Å². The van der Waals surface area contributed by atoms with Crippen molar-refractivity contribution in [2.75, 3.05) is 5.01 Å². The summed E-state index contributed by atoms with van der Waals surface area (Å²) in [6.45, 7) is 1.92. The van der Waals surface area contributed by atoms with Gasteiger partial charge in [-0.25, -0.2) is 14.4 Å². The molecule has 146 valence electrons. The van der Waals surface area contributed by atoms with Gasteiger partial charge in [0.15, 0.2) is 5.82 Å². The lowest BCUT2D eigenvalue weighted by atomic mass is 10.0. The number of pyridine rings is 1. The van der Waals surface area contributed by atoms with Crippen molar-refractivity contribution in [3.8, 4) is 11.1 Å². The molecule has 1 aliphatic rings. The summed E-state index contributed by atoms with van der Waals surface area (Å²) < 4.78 is 13.8. The molecule has 2 heterocycles. The second-order valence-corrected chi connectivity index (χ2v) is 6.87. The number of nitrogens with zero attached hydrogens (tertiary/aromatic N) is 3. The Labute approximate surface area is 167 Å². The third kappa shape index (κ3) is 3.94. The number of nitrogens with two attached hydrogens (primary N) is 1. The highest BCUT2D eigenvalue weighted by molar-refractivity contribution is 6.38. The van der Waals surface area contributed by atoms with E-state index in [4.69, 9.17) is 5.73 Å². The number of aryl methyl sites for hydroxylation is 1. The van der Waals surface area contributed by atoms with Crippen LogP contribution in [0, 0.1) is 12.7 Å². The molecular formula is C22H20FN5O. The molecule has 0 spiro atoms. The maximum atomic E-state index is 13.8. The number of hydrogen-bond donors (Lipinski definition) is 2. The minimum Gasteiger partial charge on any atom is -0.363 e. The fourth-order valence-corrected chi connectivity index (χ4v) is 3.35. The number of halogens is 1. The van der Waals surface area contributed by atoms with Crippen LogP contribution in [0.15, 0.2) is 72.0 Å². The van der Waals surface area contributed by atoms with E-state index in [1.807, 2.05) is 49.4 Å². The van der Waals surface area contributed by atoms with Crippen molar-refractivity contribution < 1.29 is 9.18 Å². The summed E-state index contributed by atoms with van der Waals surface area (Å²) in [4.78, 5) is 16.1. The summed E-state index contributed by atoms with van der Waals surface area (Å²) in [5.41, 5.74) is 9.05. The molecule has 0 aliphatic carbocycles. The standard InChI is InChI=1S/C22H20FN5O/c1-14-7-8-17(23)13-18(14)16-9-10-25-19(12-16)28-20(26-22(27-28)21(24)29)11-15-5-3-2-4-6-15/h2-10,12-13,20H,11H2,1H3,(H2,24,29)(H,26,27). The van der Waals surface area contributed by atoms with Crippen LogP contribution in [0.5, 0.6) is 0 Å². The number of hydrazone groups is 1. The number of rotatable bonds is 5. The Morgan fingerprint density at radius 2 is 1.97 bits per heavy atom. The number of nitrogens with one attached hydrogen (secondary N) is 1. The number of carbonyl (C=O) groups excluding carboxylic acids is 1. The Hall–Kier alpha value is -3.74. The van der Waals surface area contributed by atoms with Gasteiger partial charge in [0, 0.05) is 12.6 Å². The first-order valence-electron chi connectivity index (χ1n) is 9.22. The molecule has 2 aromatic carbocycles. The van der Waals surface area contributed by atoms with Crippen LogP contribution >= 0.6 is 0 Å². The van der Waals surface area contributed by atoms with Crippen molar-refractivity contribution in [3.63, 3.8) is 0 Å². The molecule has 0 saturated carbocycles. The summed E-state index contributed by atoms with van der Waals surface area (Å²) in [6.07, 6.45) is 1.91. The normalized spacial score (nSPS) is 15.7. The van der Waals surface area contributed by atoms with Gasteiger partial charge < -0.3 is 11.1 Å². The predicted octanol–water partition coefficient (Wildman–Crippen LogP) is 2.97. The molecule has 29 heavy (non-hydrogen) atoms. The van der Waals surface area contributed by atoms with Gasteiger partial charge in [-0.05, 0) is 53.4 Å². The van der Waals surface area contributed by atoms with Crippen molar-refractivity contribution >= 4 is 17.6 Å². The molecule has 3 N–H and O–H groups in total. The SMILES string of the molecule is Cc1ccc(F)cc1-c1ccnc(N2N=C(C(N)=O)NC2Cc2ccccc2)c1. The molecule has 0 fully saturated rings. The van der Waals surface area contributed by atoms with Gasteiger partial charge >= 0.3 is 0 Å². The summed E-state index contributed by atoms with van der Waals surface area (Å²) in [6, 6.07) is 18.2. The summed E-state index contributed by atoms with van der Waals surface area (Å²) in [7, 11) is 0. The second kappa shape index (κ2) is 7.71. The number of hydrogen-bond acceptors (Lipinski definition) is 5. The van der Waals surface area contributed by atoms with E-state index < -0.39 is 5.91 Å². The molecule has 4 rings (SSSR count). The van der Waals surface area contributed by atoms with Gasteiger partial charge in [0.25, 0.3) is 5.91 Å². The fraction of sp³-hybridized carbons (Fsp3) is 0.136. The molecule has 6 nitrogen and oxygen atoms in total. The maximum Gasteiger partial charge on any atom is 0.286 e. The van der Waals surface area contributed by atoms with E-state index in [0.29, 0.717) is 12.2 Å². The predicted molar refractivity (Wildman–Crippen MR) is 111 cm³/mol. The molecule has 7 heteroatoms. The van der Waals surface area contributed by atoms with Crippen LogP contribution in [0.25, 0.3) is 11.1 Å². The Morgan fingerprint density at radius 1 is 1.17 bits per heavy atom. The van der Waals surface area contributed by atoms with Gasteiger partial charge in [0.1, 0.15) is 12.0 Å². The number of primary amides is 1. The Bertz CT molecular complexity index is 1080. The van der Waals surface area contributed by atoms with E-state index in [9.17, 15) is 9.18 Å². The highest BCUT2D eigenvalue weighted by Crippen LogP contribution is 2.28. The van der Waals surface area contributed by atoms with Gasteiger partial charge in [-0.2, -0.15) is 0 Å². The number of aromatic nitrogens is 1. The minimum atomic E-state index is -0.636. The lowest BCUT2D eigenvalue weighted by Crippen LogP contribution is -2.43. The highest BCUT2D eigenvalue weighted by atomic mass is 19.1. The van der Waals surface area contributed by atoms with E-state index in [2.05, 4.69) is 15.4 Å². The molecule has 1 aromatic heterocycles. The van der Waals surface area contributed by atoms with Crippen LogP contribution in [-0.4, -0.2) is 22.9 Å². The molecule has 0 bridgehead atoms. The van der Waals surface area contributed by atoms with Crippen molar-refractivity contribution in [2.45, 2.75) is 19.5 Å². The van der Waals surface area contributed by atoms with E-state index >= 15 is 0 Å². The second-order valence-electron chi connectivity index (χ2n) is 6.87. The Morgan fingerprint density at radius 3 is 2.72 bits per heavy atom. The zero-order chi connectivity index (χ0) is 20.4. The molecule has 1 atom stereocenters. The third-order valence-corrected chi connectivity index (χ3v) is 4.80. The molecule has 3 aromatic rings. The van der Waals surface area contributed by atoms with Crippen molar-refractivity contribution in [1.82, 2.24) is 10.3 Å². The Kier molecular flexibility index (Phi) is 4.95. The molecule has 1 amide bonds. The van der Waals surface area contributed by atoms with Gasteiger partial charge in [0.05, 0.1) is 0 Å². The first kappa shape index (κ1) is 18.6. The van der Waals surface area contributed by atoms with Crippen molar-refractivity contribution in [1.29, 1.82) is 0 Å². The fourth-order valence-electron chi connectivity index (χ4n) is 3.35. The molecule has 1 unspecified atom stereocenters. The summed E-state index contributed by atoms with van der Waals surface area (Å²) in [5, 5.41) is 9.05. The van der Waals surface area contributed by atoms with Crippen molar-refractivity contribution in [2.24, 2.45) is 10.8 Å². The van der Waals surface area contributed by atoms with Gasteiger partial charge in [-0.15, -0.1) is 5.10 Å². The average molecular weight is 389 g/mol. The van der Waals surface area contributed by atoms with Crippen LogP contribution in [-0.2, 0) is 11.2 Å². The van der Waals surface area contributed by atoms with E-state index in [-0.39, 0.29) is 17.8 Å². The summed E-state index contributed by atoms with van der Waals surface area (Å²) >= 11 is 0. The lowest BCUT2D eigenvalue weighted by Gasteiger charge is -2.23. The minimum absolute atomic E-state index is 0.0834. The number of anilines is 1. The lowest BCUT2D eigenvalue weighted by molar-refractivity contribution is -0.112. The van der Waals surface area contributed by atoms with Crippen LogP contribution in [0.2, 0.25) is 0 Å². The monoisotopic (exact) mass is 389 g/mol. The molecular weight excluding hydrogens is 369 g/mol. The third-order valence-electron chi connectivity index (χ3n) is 4.80. The van der Waals surface area contributed by atoms with Gasteiger partial charge in [-0.1, -0.05) is 36.4 Å². The number of amidine groups is 1. The van der Waals surface area contributed by atoms with Crippen LogP contribution in [0.4, 0.5) is 10.2 Å². The summed E-state index contributed by atoms with van der Waals surface area (Å²) in [5.74, 6) is -0.318. The zero-order valence-corrected chi connectivity index (χ0v) is 15.8. The zero-order valence-electron chi connectivity index (χ0n) is 15.8. The first-order chi connectivity index (χ1) is 14.0. The molecule has 1 aliphatic heterocycles. The van der Waals surface area contributed by atoms with Gasteiger partial charge in [0.2, 0.25) is 5.84 Å². The number of benzene rings is 2. The van der Waals surface area contributed by atoms with Gasteiger partial charge in [-0.3, -0.25) is 4.79 Å². The molecule has 0 radical (unpaired) electrons.